The number of nitrogens with one attached hydrogen (secondary N) is 1. The summed E-state index contributed by atoms with van der Waals surface area (Å²) < 4.78 is 0. The Kier molecular flexibility index (Phi) is 4.55. The lowest BCUT2D eigenvalue weighted by Gasteiger charge is -2.18. The second kappa shape index (κ2) is 5.71. The lowest BCUT2D eigenvalue weighted by Crippen LogP contribution is -2.30. The van der Waals surface area contributed by atoms with E-state index in [1.807, 2.05) is 45.9 Å². The highest BCUT2D eigenvalue weighted by molar-refractivity contribution is 5.77. The Bertz CT molecular complexity index is 399. The van der Waals surface area contributed by atoms with Gasteiger partial charge in [0, 0.05) is 5.69 Å². The topological polar surface area (TPSA) is 49.3 Å². The van der Waals surface area contributed by atoms with Gasteiger partial charge in [0.2, 0.25) is 0 Å². The van der Waals surface area contributed by atoms with Crippen LogP contribution in [0.5, 0.6) is 0 Å². The number of aliphatic carboxylic acids is 1. The lowest BCUT2D eigenvalue weighted by atomic mass is 10.0. The molecule has 0 bridgehead atoms. The first-order valence-corrected chi connectivity index (χ1v) is 5.96. The fraction of sp³-hybridized carbons (Fsp3) is 0.500. The summed E-state index contributed by atoms with van der Waals surface area (Å²) in [5, 5.41) is 12.2. The van der Waals surface area contributed by atoms with E-state index in [0.717, 1.165) is 5.69 Å². The average Bonchev–Trinajstić information content (AvgIpc) is 2.21. The minimum absolute atomic E-state index is 0.357. The molecular formula is C14H21NO2. The molecule has 0 amide bonds. The summed E-state index contributed by atoms with van der Waals surface area (Å²) >= 11 is 0. The summed E-state index contributed by atoms with van der Waals surface area (Å²) in [6, 6.07) is 5.41. The van der Waals surface area contributed by atoms with Gasteiger partial charge in [-0.1, -0.05) is 19.9 Å². The Hall–Kier alpha value is -1.51. The summed E-state index contributed by atoms with van der Waals surface area (Å²) in [6.07, 6.45) is 0.627. The van der Waals surface area contributed by atoms with E-state index in [2.05, 4.69) is 5.32 Å². The van der Waals surface area contributed by atoms with Crippen molar-refractivity contribution in [2.75, 3.05) is 5.32 Å². The number of carboxylic acid groups (broad SMARTS) is 1. The Morgan fingerprint density at radius 1 is 1.29 bits per heavy atom. The number of anilines is 1. The molecule has 1 aromatic carbocycles. The van der Waals surface area contributed by atoms with E-state index in [9.17, 15) is 4.79 Å². The van der Waals surface area contributed by atoms with Gasteiger partial charge in [0.05, 0.1) is 0 Å². The molecule has 3 nitrogen and oxygen atoms in total. The fourth-order valence-electron chi connectivity index (χ4n) is 1.73. The highest BCUT2D eigenvalue weighted by atomic mass is 16.4. The van der Waals surface area contributed by atoms with Crippen LogP contribution >= 0.6 is 0 Å². The number of carboxylic acids is 1. The van der Waals surface area contributed by atoms with Gasteiger partial charge in [0.1, 0.15) is 6.04 Å². The quantitative estimate of drug-likeness (QED) is 0.824. The normalized spacial score (nSPS) is 12.5. The Labute approximate surface area is 103 Å². The molecule has 1 unspecified atom stereocenters. The first-order chi connectivity index (χ1) is 7.90. The highest BCUT2D eigenvalue weighted by Gasteiger charge is 2.18. The van der Waals surface area contributed by atoms with Crippen molar-refractivity contribution in [2.24, 2.45) is 5.92 Å². The van der Waals surface area contributed by atoms with E-state index in [1.165, 1.54) is 11.1 Å². The molecule has 0 fully saturated rings. The van der Waals surface area contributed by atoms with Crippen molar-refractivity contribution in [1.29, 1.82) is 0 Å². The zero-order valence-corrected chi connectivity index (χ0v) is 10.9. The van der Waals surface area contributed by atoms with Gasteiger partial charge in [-0.15, -0.1) is 0 Å². The van der Waals surface area contributed by atoms with Gasteiger partial charge >= 0.3 is 5.97 Å². The van der Waals surface area contributed by atoms with E-state index in [1.54, 1.807) is 0 Å². The molecule has 0 spiro atoms. The van der Waals surface area contributed by atoms with E-state index < -0.39 is 12.0 Å². The molecule has 0 saturated carbocycles. The third kappa shape index (κ3) is 4.10. The molecule has 94 valence electrons. The molecule has 0 heterocycles. The van der Waals surface area contributed by atoms with E-state index in [0.29, 0.717) is 12.3 Å². The van der Waals surface area contributed by atoms with Crippen LogP contribution in [0.2, 0.25) is 0 Å². The van der Waals surface area contributed by atoms with Gasteiger partial charge in [0.15, 0.2) is 0 Å². The van der Waals surface area contributed by atoms with Gasteiger partial charge in [-0.3, -0.25) is 0 Å². The summed E-state index contributed by atoms with van der Waals surface area (Å²) in [5.74, 6) is -0.438. The van der Waals surface area contributed by atoms with Crippen molar-refractivity contribution in [1.82, 2.24) is 0 Å². The highest BCUT2D eigenvalue weighted by Crippen LogP contribution is 2.17. The van der Waals surface area contributed by atoms with Crippen molar-refractivity contribution in [2.45, 2.75) is 40.2 Å². The second-order valence-electron chi connectivity index (χ2n) is 4.96. The SMILES string of the molecule is Cc1ccc(NC(CC(C)C)C(=O)O)cc1C. The number of hydrogen-bond acceptors (Lipinski definition) is 2. The van der Waals surface area contributed by atoms with Crippen LogP contribution in [0.4, 0.5) is 5.69 Å². The number of benzene rings is 1. The maximum Gasteiger partial charge on any atom is 0.326 e. The van der Waals surface area contributed by atoms with E-state index in [4.69, 9.17) is 5.11 Å². The van der Waals surface area contributed by atoms with Gasteiger partial charge in [-0.05, 0) is 49.4 Å². The van der Waals surface area contributed by atoms with Crippen LogP contribution in [-0.2, 0) is 4.79 Å². The molecule has 0 aliphatic heterocycles. The smallest absolute Gasteiger partial charge is 0.326 e. The molecule has 0 aromatic heterocycles. The summed E-state index contributed by atoms with van der Waals surface area (Å²) in [5.41, 5.74) is 3.26. The molecule has 1 aromatic rings. The van der Waals surface area contributed by atoms with Gasteiger partial charge < -0.3 is 10.4 Å². The van der Waals surface area contributed by atoms with E-state index >= 15 is 0 Å². The van der Waals surface area contributed by atoms with Crippen molar-refractivity contribution in [3.63, 3.8) is 0 Å². The van der Waals surface area contributed by atoms with Gasteiger partial charge in [0.25, 0.3) is 0 Å². The zero-order chi connectivity index (χ0) is 13.0. The molecule has 0 saturated heterocycles. The molecule has 0 aliphatic rings. The van der Waals surface area contributed by atoms with Crippen LogP contribution in [0.15, 0.2) is 18.2 Å². The van der Waals surface area contributed by atoms with Crippen molar-refractivity contribution in [3.8, 4) is 0 Å². The number of aryl methyl sites for hydroxylation is 2. The third-order valence-electron chi connectivity index (χ3n) is 2.85. The Morgan fingerprint density at radius 2 is 1.94 bits per heavy atom. The molecule has 0 radical (unpaired) electrons. The Balaban J connectivity index is 2.78. The van der Waals surface area contributed by atoms with E-state index in [-0.39, 0.29) is 0 Å². The number of carbonyl (C=O) groups is 1. The standard InChI is InChI=1S/C14H21NO2/c1-9(2)7-13(14(16)17)15-12-6-5-10(3)11(4)8-12/h5-6,8-9,13,15H,7H2,1-4H3,(H,16,17). The predicted molar refractivity (Wildman–Crippen MR) is 70.4 cm³/mol. The molecule has 1 atom stereocenters. The first kappa shape index (κ1) is 13.6. The van der Waals surface area contributed by atoms with Crippen LogP contribution in [0.3, 0.4) is 0 Å². The van der Waals surface area contributed by atoms with Crippen LogP contribution in [-0.4, -0.2) is 17.1 Å². The molecule has 3 heteroatoms. The molecule has 0 aliphatic carbocycles. The summed E-state index contributed by atoms with van der Waals surface area (Å²) in [4.78, 5) is 11.1. The maximum absolute atomic E-state index is 11.1. The van der Waals surface area contributed by atoms with Gasteiger partial charge in [-0.2, -0.15) is 0 Å². The first-order valence-electron chi connectivity index (χ1n) is 5.96. The number of hydrogen-bond donors (Lipinski definition) is 2. The molecule has 2 N–H and O–H groups in total. The van der Waals surface area contributed by atoms with Crippen LogP contribution in [0, 0.1) is 19.8 Å². The lowest BCUT2D eigenvalue weighted by molar-refractivity contribution is -0.138. The fourth-order valence-corrected chi connectivity index (χ4v) is 1.73. The summed E-state index contributed by atoms with van der Waals surface area (Å²) in [6.45, 7) is 8.12. The van der Waals surface area contributed by atoms with Crippen LogP contribution in [0.25, 0.3) is 0 Å². The van der Waals surface area contributed by atoms with Crippen molar-refractivity contribution >= 4 is 11.7 Å². The summed E-state index contributed by atoms with van der Waals surface area (Å²) in [7, 11) is 0. The second-order valence-corrected chi connectivity index (χ2v) is 4.96. The minimum Gasteiger partial charge on any atom is -0.480 e. The van der Waals surface area contributed by atoms with Crippen molar-refractivity contribution < 1.29 is 9.90 Å². The average molecular weight is 235 g/mol. The molecule has 1 rings (SSSR count). The van der Waals surface area contributed by atoms with Gasteiger partial charge in [-0.25, -0.2) is 4.79 Å². The predicted octanol–water partition coefficient (Wildman–Crippen LogP) is 3.21. The number of rotatable bonds is 5. The molecule has 17 heavy (non-hydrogen) atoms. The monoisotopic (exact) mass is 235 g/mol. The molecular weight excluding hydrogens is 214 g/mol. The van der Waals surface area contributed by atoms with Crippen LogP contribution in [0.1, 0.15) is 31.4 Å². The van der Waals surface area contributed by atoms with Crippen molar-refractivity contribution in [3.05, 3.63) is 29.3 Å². The van der Waals surface area contributed by atoms with Crippen LogP contribution < -0.4 is 5.32 Å². The maximum atomic E-state index is 11.1. The largest absolute Gasteiger partial charge is 0.480 e. The third-order valence-corrected chi connectivity index (χ3v) is 2.85. The minimum atomic E-state index is -0.795. The Morgan fingerprint density at radius 3 is 2.41 bits per heavy atom. The zero-order valence-electron chi connectivity index (χ0n) is 10.9.